The summed E-state index contributed by atoms with van der Waals surface area (Å²) in [4.78, 5) is 24.3. The summed E-state index contributed by atoms with van der Waals surface area (Å²) in [7, 11) is -3.73. The summed E-state index contributed by atoms with van der Waals surface area (Å²) >= 11 is 0. The number of esters is 1. The Kier molecular flexibility index (Phi) is 6.91. The number of hydrogen-bond donors (Lipinski definition) is 3. The van der Waals surface area contributed by atoms with Crippen LogP contribution in [0.1, 0.15) is 33.2 Å². The molecule has 5 N–H and O–H groups in total. The van der Waals surface area contributed by atoms with Gasteiger partial charge in [-0.1, -0.05) is 12.1 Å². The molecule has 168 valence electrons. The van der Waals surface area contributed by atoms with Gasteiger partial charge in [-0.15, -0.1) is 0 Å². The first-order valence-corrected chi connectivity index (χ1v) is 11.3. The van der Waals surface area contributed by atoms with Gasteiger partial charge < -0.3 is 15.8 Å². The van der Waals surface area contributed by atoms with Crippen molar-refractivity contribution in [2.24, 2.45) is 5.14 Å². The lowest BCUT2D eigenvalue weighted by molar-refractivity contribution is 0.0527. The molecule has 0 aliphatic rings. The summed E-state index contributed by atoms with van der Waals surface area (Å²) < 4.78 is 28.9. The van der Waals surface area contributed by atoms with Gasteiger partial charge in [0, 0.05) is 12.1 Å². The topological polar surface area (TPSA) is 159 Å². The van der Waals surface area contributed by atoms with E-state index in [1.54, 1.807) is 43.3 Å². The molecule has 0 unspecified atom stereocenters. The Morgan fingerprint density at radius 2 is 1.75 bits per heavy atom. The number of amides is 1. The highest BCUT2D eigenvalue weighted by Crippen LogP contribution is 2.18. The minimum atomic E-state index is -3.73. The number of primary sulfonamides is 1. The number of nitrogens with one attached hydrogen (secondary N) is 1. The molecule has 0 saturated carbocycles. The van der Waals surface area contributed by atoms with Gasteiger partial charge in [0.15, 0.2) is 0 Å². The van der Waals surface area contributed by atoms with E-state index in [-0.39, 0.29) is 28.8 Å². The summed E-state index contributed by atoms with van der Waals surface area (Å²) in [6, 6.07) is 12.7. The number of rotatable bonds is 8. The number of nitrogens with zero attached hydrogens (tertiary/aromatic N) is 2. The smallest absolute Gasteiger partial charge is 0.343 e. The summed E-state index contributed by atoms with van der Waals surface area (Å²) in [5.41, 5.74) is 8.06. The van der Waals surface area contributed by atoms with Gasteiger partial charge in [0.2, 0.25) is 10.0 Å². The Morgan fingerprint density at radius 3 is 2.34 bits per heavy atom. The monoisotopic (exact) mass is 457 g/mol. The van der Waals surface area contributed by atoms with Crippen LogP contribution in [0.5, 0.6) is 0 Å². The Labute approximate surface area is 185 Å². The highest BCUT2D eigenvalue weighted by molar-refractivity contribution is 7.89. The maximum absolute atomic E-state index is 12.4. The van der Waals surface area contributed by atoms with Crippen molar-refractivity contribution in [2.45, 2.75) is 18.2 Å². The van der Waals surface area contributed by atoms with Crippen LogP contribution in [-0.2, 0) is 21.2 Å². The molecule has 1 heterocycles. The van der Waals surface area contributed by atoms with Crippen LogP contribution < -0.4 is 16.2 Å². The molecule has 0 bridgehead atoms. The standard InChI is InChI=1S/C21H23N5O5S/c1-2-31-21(28)18-13-25-26(19(18)22)16-7-5-15(6-8-16)20(27)24-12-11-14-3-9-17(10-4-14)32(23,29)30/h3-10,13H,2,11-12,22H2,1H3,(H,24,27)(H2,23,29,30). The molecule has 0 fully saturated rings. The van der Waals surface area contributed by atoms with Crippen molar-refractivity contribution in [1.29, 1.82) is 0 Å². The molecule has 32 heavy (non-hydrogen) atoms. The zero-order chi connectivity index (χ0) is 23.3. The molecule has 0 aliphatic heterocycles. The quantitative estimate of drug-likeness (QED) is 0.429. The predicted octanol–water partition coefficient (Wildman–Crippen LogP) is 1.25. The van der Waals surface area contributed by atoms with Crippen LogP contribution >= 0.6 is 0 Å². The molecule has 1 amide bonds. The molecule has 0 saturated heterocycles. The lowest BCUT2D eigenvalue weighted by atomic mass is 10.1. The number of benzene rings is 2. The number of anilines is 1. The van der Waals surface area contributed by atoms with Crippen LogP contribution in [-0.4, -0.2) is 43.2 Å². The van der Waals surface area contributed by atoms with E-state index in [4.69, 9.17) is 15.6 Å². The fraction of sp³-hybridized carbons (Fsp3) is 0.190. The van der Waals surface area contributed by atoms with Crippen LogP contribution in [0.25, 0.3) is 5.69 Å². The van der Waals surface area contributed by atoms with E-state index in [1.165, 1.54) is 23.0 Å². The van der Waals surface area contributed by atoms with Crippen molar-refractivity contribution in [3.8, 4) is 5.69 Å². The summed E-state index contributed by atoms with van der Waals surface area (Å²) in [6.45, 7) is 2.30. The average molecular weight is 458 g/mol. The largest absolute Gasteiger partial charge is 0.462 e. The molecular formula is C21H23N5O5S. The van der Waals surface area contributed by atoms with E-state index in [0.29, 0.717) is 24.2 Å². The number of hydrogen-bond acceptors (Lipinski definition) is 7. The molecule has 0 aliphatic carbocycles. The fourth-order valence-electron chi connectivity index (χ4n) is 2.95. The second-order valence-corrected chi connectivity index (χ2v) is 8.38. The Bertz CT molecular complexity index is 1220. The Morgan fingerprint density at radius 1 is 1.09 bits per heavy atom. The van der Waals surface area contributed by atoms with Crippen molar-refractivity contribution in [3.63, 3.8) is 0 Å². The number of carbonyl (C=O) groups is 2. The van der Waals surface area contributed by atoms with Crippen LogP contribution in [0.4, 0.5) is 5.82 Å². The molecule has 3 rings (SSSR count). The van der Waals surface area contributed by atoms with Crippen LogP contribution in [0.15, 0.2) is 59.6 Å². The first kappa shape index (κ1) is 23.0. The van der Waals surface area contributed by atoms with Crippen LogP contribution in [0, 0.1) is 0 Å². The van der Waals surface area contributed by atoms with E-state index in [1.807, 2.05) is 0 Å². The average Bonchev–Trinajstić information content (AvgIpc) is 3.15. The number of nitrogen functional groups attached to an aromatic ring is 1. The van der Waals surface area contributed by atoms with Crippen LogP contribution in [0.3, 0.4) is 0 Å². The molecular weight excluding hydrogens is 434 g/mol. The van der Waals surface area contributed by atoms with Crippen molar-refractivity contribution in [1.82, 2.24) is 15.1 Å². The van der Waals surface area contributed by atoms with Gasteiger partial charge >= 0.3 is 5.97 Å². The summed E-state index contributed by atoms with van der Waals surface area (Å²) in [5.74, 6) is -0.668. The minimum absolute atomic E-state index is 0.0394. The highest BCUT2D eigenvalue weighted by Gasteiger charge is 2.17. The van der Waals surface area contributed by atoms with Crippen LogP contribution in [0.2, 0.25) is 0 Å². The fourth-order valence-corrected chi connectivity index (χ4v) is 3.47. The van der Waals surface area contributed by atoms with Crippen molar-refractivity contribution in [3.05, 3.63) is 71.4 Å². The van der Waals surface area contributed by atoms with Gasteiger partial charge in [0.25, 0.3) is 5.91 Å². The van der Waals surface area contributed by atoms with E-state index in [2.05, 4.69) is 10.4 Å². The number of aromatic nitrogens is 2. The Balaban J connectivity index is 1.59. The van der Waals surface area contributed by atoms with Gasteiger partial charge in [0.1, 0.15) is 11.4 Å². The summed E-state index contributed by atoms with van der Waals surface area (Å²) in [6.07, 6.45) is 1.86. The maximum atomic E-state index is 12.4. The molecule has 1 aromatic heterocycles. The normalized spacial score (nSPS) is 11.2. The van der Waals surface area contributed by atoms with Crippen molar-refractivity contribution in [2.75, 3.05) is 18.9 Å². The third kappa shape index (κ3) is 5.31. The van der Waals surface area contributed by atoms with Gasteiger partial charge in [-0.2, -0.15) is 5.10 Å². The molecule has 3 aromatic rings. The molecule has 10 nitrogen and oxygen atoms in total. The number of carbonyl (C=O) groups excluding carboxylic acids is 2. The number of nitrogens with two attached hydrogens (primary N) is 2. The van der Waals surface area contributed by atoms with Crippen molar-refractivity contribution >= 4 is 27.7 Å². The van der Waals surface area contributed by atoms with Gasteiger partial charge in [-0.25, -0.2) is 23.0 Å². The Hall–Kier alpha value is -3.70. The van der Waals surface area contributed by atoms with Gasteiger partial charge in [-0.05, 0) is 55.3 Å². The van der Waals surface area contributed by atoms with Gasteiger partial charge in [0.05, 0.1) is 23.4 Å². The molecule has 0 radical (unpaired) electrons. The van der Waals surface area contributed by atoms with Crippen molar-refractivity contribution < 1.29 is 22.7 Å². The first-order valence-electron chi connectivity index (χ1n) is 9.71. The van der Waals surface area contributed by atoms with Gasteiger partial charge in [-0.3, -0.25) is 4.79 Å². The van der Waals surface area contributed by atoms with E-state index >= 15 is 0 Å². The highest BCUT2D eigenvalue weighted by atomic mass is 32.2. The van der Waals surface area contributed by atoms with E-state index in [9.17, 15) is 18.0 Å². The first-order chi connectivity index (χ1) is 15.2. The molecule has 11 heteroatoms. The zero-order valence-electron chi connectivity index (χ0n) is 17.3. The number of ether oxygens (including phenoxy) is 1. The second-order valence-electron chi connectivity index (χ2n) is 6.82. The molecule has 0 spiro atoms. The third-order valence-corrected chi connectivity index (χ3v) is 5.56. The maximum Gasteiger partial charge on any atom is 0.343 e. The minimum Gasteiger partial charge on any atom is -0.462 e. The SMILES string of the molecule is CCOC(=O)c1cnn(-c2ccc(C(=O)NCCc3ccc(S(N)(=O)=O)cc3)cc2)c1N. The zero-order valence-corrected chi connectivity index (χ0v) is 18.1. The lowest BCUT2D eigenvalue weighted by Gasteiger charge is -2.08. The molecule has 2 aromatic carbocycles. The predicted molar refractivity (Wildman–Crippen MR) is 118 cm³/mol. The molecule has 0 atom stereocenters. The second kappa shape index (κ2) is 9.62. The lowest BCUT2D eigenvalue weighted by Crippen LogP contribution is -2.25. The van der Waals surface area contributed by atoms with E-state index in [0.717, 1.165) is 5.56 Å². The summed E-state index contributed by atoms with van der Waals surface area (Å²) in [5, 5.41) is 12.0. The van der Waals surface area contributed by atoms with E-state index < -0.39 is 16.0 Å². The third-order valence-electron chi connectivity index (χ3n) is 4.63. The number of sulfonamides is 1.